The zero-order valence-corrected chi connectivity index (χ0v) is 16.9. The number of hydrogen-bond acceptors (Lipinski definition) is 5. The van der Waals surface area contributed by atoms with Crippen LogP contribution in [0, 0.1) is 0 Å². The topological polar surface area (TPSA) is 100 Å². The minimum Gasteiger partial charge on any atom is -0.497 e. The molecule has 1 atom stereocenters. The van der Waals surface area contributed by atoms with Crippen molar-refractivity contribution in [3.8, 4) is 5.75 Å². The van der Waals surface area contributed by atoms with Crippen molar-refractivity contribution in [3.05, 3.63) is 71.0 Å². The van der Waals surface area contributed by atoms with Gasteiger partial charge < -0.3 is 9.64 Å². The third kappa shape index (κ3) is 4.03. The minimum atomic E-state index is -0.633. The molecule has 0 fully saturated rings. The van der Waals surface area contributed by atoms with Crippen LogP contribution in [0.15, 0.2) is 48.5 Å². The second-order valence-corrected chi connectivity index (χ2v) is 7.21. The number of amides is 2. The molecular weight excluding hydrogens is 382 g/mol. The van der Waals surface area contributed by atoms with Crippen LogP contribution in [-0.2, 0) is 24.2 Å². The van der Waals surface area contributed by atoms with Crippen molar-refractivity contribution in [2.24, 2.45) is 0 Å². The van der Waals surface area contributed by atoms with Gasteiger partial charge in [0, 0.05) is 18.5 Å². The number of benzene rings is 2. The van der Waals surface area contributed by atoms with Gasteiger partial charge in [0.25, 0.3) is 5.91 Å². The Balaban J connectivity index is 1.33. The number of H-pyrrole nitrogens is 1. The highest BCUT2D eigenvalue weighted by atomic mass is 16.5. The molecule has 2 aromatic carbocycles. The van der Waals surface area contributed by atoms with Gasteiger partial charge in [0.15, 0.2) is 0 Å². The molecular formula is C22H23N5O3. The van der Waals surface area contributed by atoms with E-state index in [2.05, 4.69) is 20.5 Å². The average molecular weight is 405 g/mol. The van der Waals surface area contributed by atoms with Gasteiger partial charge in [-0.15, -0.1) is 5.10 Å². The van der Waals surface area contributed by atoms with Crippen LogP contribution in [0.4, 0.5) is 5.95 Å². The largest absolute Gasteiger partial charge is 0.497 e. The van der Waals surface area contributed by atoms with Crippen LogP contribution in [0.25, 0.3) is 0 Å². The molecule has 1 aliphatic rings. The number of fused-ring (bicyclic) bond motifs is 1. The molecule has 0 spiro atoms. The molecule has 2 heterocycles. The van der Waals surface area contributed by atoms with Crippen LogP contribution in [0.2, 0.25) is 0 Å². The standard InChI is InChI=1S/C22H23N5O3/c1-14(27-13-16-5-3-4-6-18(16)21(27)29)20(28)24-22-23-19(25-26-22)12-9-15-7-10-17(30-2)11-8-15/h3-8,10-11,14H,9,12-13H2,1-2H3,(H2,23,24,25,26,28)/t14-/m1/s1. The fourth-order valence-electron chi connectivity index (χ4n) is 3.46. The summed E-state index contributed by atoms with van der Waals surface area (Å²) in [6.45, 7) is 2.13. The number of hydrogen-bond donors (Lipinski definition) is 2. The van der Waals surface area contributed by atoms with Crippen LogP contribution in [0.3, 0.4) is 0 Å². The first-order chi connectivity index (χ1) is 14.5. The summed E-state index contributed by atoms with van der Waals surface area (Å²) in [7, 11) is 1.64. The summed E-state index contributed by atoms with van der Waals surface area (Å²) in [4.78, 5) is 31.1. The molecule has 4 rings (SSSR count). The Morgan fingerprint density at radius 2 is 1.97 bits per heavy atom. The highest BCUT2D eigenvalue weighted by molar-refractivity contribution is 6.03. The molecule has 1 aromatic heterocycles. The van der Waals surface area contributed by atoms with E-state index in [1.165, 1.54) is 0 Å². The first-order valence-electron chi connectivity index (χ1n) is 9.79. The maximum atomic E-state index is 12.6. The van der Waals surface area contributed by atoms with Gasteiger partial charge in [-0.1, -0.05) is 30.3 Å². The Morgan fingerprint density at radius 3 is 2.70 bits per heavy atom. The number of aromatic amines is 1. The summed E-state index contributed by atoms with van der Waals surface area (Å²) in [6.07, 6.45) is 1.44. The van der Waals surface area contributed by atoms with E-state index in [4.69, 9.17) is 4.74 Å². The van der Waals surface area contributed by atoms with E-state index in [-0.39, 0.29) is 17.8 Å². The van der Waals surface area contributed by atoms with Crippen LogP contribution in [0.1, 0.15) is 34.2 Å². The molecule has 8 heteroatoms. The SMILES string of the molecule is COc1ccc(CCc2nc(NC(=O)[C@@H](C)N3Cc4ccccc4C3=O)n[nH]2)cc1. The predicted octanol–water partition coefficient (Wildman–Crippen LogP) is 2.58. The highest BCUT2D eigenvalue weighted by Crippen LogP contribution is 2.24. The third-order valence-electron chi connectivity index (χ3n) is 5.27. The molecule has 2 N–H and O–H groups in total. The third-order valence-corrected chi connectivity index (χ3v) is 5.27. The fourth-order valence-corrected chi connectivity index (χ4v) is 3.46. The van der Waals surface area contributed by atoms with Crippen molar-refractivity contribution >= 4 is 17.8 Å². The lowest BCUT2D eigenvalue weighted by Crippen LogP contribution is -2.42. The zero-order valence-electron chi connectivity index (χ0n) is 16.9. The number of carbonyl (C=O) groups is 2. The predicted molar refractivity (Wildman–Crippen MR) is 111 cm³/mol. The smallest absolute Gasteiger partial charge is 0.255 e. The second kappa shape index (κ2) is 8.36. The van der Waals surface area contributed by atoms with Crippen molar-refractivity contribution in [2.45, 2.75) is 32.4 Å². The summed E-state index contributed by atoms with van der Waals surface area (Å²) in [5.41, 5.74) is 2.73. The van der Waals surface area contributed by atoms with Crippen molar-refractivity contribution < 1.29 is 14.3 Å². The Morgan fingerprint density at radius 1 is 1.20 bits per heavy atom. The first-order valence-corrected chi connectivity index (χ1v) is 9.79. The minimum absolute atomic E-state index is 0.136. The van der Waals surface area contributed by atoms with Crippen molar-refractivity contribution in [2.75, 3.05) is 12.4 Å². The van der Waals surface area contributed by atoms with E-state index < -0.39 is 6.04 Å². The molecule has 0 radical (unpaired) electrons. The summed E-state index contributed by atoms with van der Waals surface area (Å²) < 4.78 is 5.16. The fraction of sp³-hybridized carbons (Fsp3) is 0.273. The summed E-state index contributed by atoms with van der Waals surface area (Å²) >= 11 is 0. The number of aromatic nitrogens is 3. The lowest BCUT2D eigenvalue weighted by atomic mass is 10.1. The quantitative estimate of drug-likeness (QED) is 0.629. The molecule has 0 saturated carbocycles. The number of ether oxygens (including phenoxy) is 1. The molecule has 3 aromatic rings. The van der Waals surface area contributed by atoms with E-state index in [9.17, 15) is 9.59 Å². The number of carbonyl (C=O) groups excluding carboxylic acids is 2. The van der Waals surface area contributed by atoms with E-state index in [0.29, 0.717) is 24.4 Å². The summed E-state index contributed by atoms with van der Waals surface area (Å²) in [5.74, 6) is 1.25. The Bertz CT molecular complexity index is 1060. The molecule has 0 aliphatic carbocycles. The van der Waals surface area contributed by atoms with Gasteiger partial charge in [-0.25, -0.2) is 0 Å². The monoisotopic (exact) mass is 405 g/mol. The highest BCUT2D eigenvalue weighted by Gasteiger charge is 2.33. The number of anilines is 1. The Labute approximate surface area is 174 Å². The molecule has 154 valence electrons. The van der Waals surface area contributed by atoms with Crippen molar-refractivity contribution in [3.63, 3.8) is 0 Å². The number of nitrogens with one attached hydrogen (secondary N) is 2. The van der Waals surface area contributed by atoms with Crippen molar-refractivity contribution in [1.29, 1.82) is 0 Å². The van der Waals surface area contributed by atoms with E-state index >= 15 is 0 Å². The van der Waals surface area contributed by atoms with Gasteiger partial charge in [-0.05, 0) is 42.7 Å². The molecule has 8 nitrogen and oxygen atoms in total. The van der Waals surface area contributed by atoms with Gasteiger partial charge in [0.1, 0.15) is 17.6 Å². The maximum Gasteiger partial charge on any atom is 0.255 e. The molecule has 0 saturated heterocycles. The summed E-state index contributed by atoms with van der Waals surface area (Å²) in [6, 6.07) is 14.6. The average Bonchev–Trinajstić information content (AvgIpc) is 3.36. The van der Waals surface area contributed by atoms with Gasteiger partial charge in [0.05, 0.1) is 7.11 Å². The lowest BCUT2D eigenvalue weighted by Gasteiger charge is -2.22. The first kappa shape index (κ1) is 19.6. The number of nitrogens with zero attached hydrogens (tertiary/aromatic N) is 3. The van der Waals surface area contributed by atoms with E-state index in [1.807, 2.05) is 42.5 Å². The molecule has 30 heavy (non-hydrogen) atoms. The maximum absolute atomic E-state index is 12.6. The Hall–Kier alpha value is -3.68. The molecule has 0 bridgehead atoms. The summed E-state index contributed by atoms with van der Waals surface area (Å²) in [5, 5.41) is 9.62. The van der Waals surface area contributed by atoms with Crippen molar-refractivity contribution in [1.82, 2.24) is 20.1 Å². The molecule has 2 amide bonds. The number of aryl methyl sites for hydroxylation is 2. The van der Waals surface area contributed by atoms with Gasteiger partial charge in [0.2, 0.25) is 11.9 Å². The molecule has 0 unspecified atom stereocenters. The van der Waals surface area contributed by atoms with Crippen LogP contribution in [0.5, 0.6) is 5.75 Å². The lowest BCUT2D eigenvalue weighted by molar-refractivity contribution is -0.120. The van der Waals surface area contributed by atoms with Crippen LogP contribution in [-0.4, -0.2) is 45.0 Å². The second-order valence-electron chi connectivity index (χ2n) is 7.21. The van der Waals surface area contributed by atoms with Gasteiger partial charge in [-0.2, -0.15) is 4.98 Å². The van der Waals surface area contributed by atoms with E-state index in [0.717, 1.165) is 23.3 Å². The number of rotatable bonds is 7. The van der Waals surface area contributed by atoms with Gasteiger partial charge >= 0.3 is 0 Å². The number of methoxy groups -OCH3 is 1. The van der Waals surface area contributed by atoms with Gasteiger partial charge in [-0.3, -0.25) is 20.0 Å². The normalized spacial score (nSPS) is 13.8. The van der Waals surface area contributed by atoms with E-state index in [1.54, 1.807) is 25.0 Å². The Kier molecular flexibility index (Phi) is 5.47. The molecule has 1 aliphatic heterocycles. The van der Waals surface area contributed by atoms with Crippen LogP contribution < -0.4 is 10.1 Å². The van der Waals surface area contributed by atoms with Crippen LogP contribution >= 0.6 is 0 Å². The zero-order chi connectivity index (χ0) is 21.1.